The van der Waals surface area contributed by atoms with Crippen molar-refractivity contribution in [1.29, 1.82) is 0 Å². The number of hydrogen-bond donors (Lipinski definition) is 1. The van der Waals surface area contributed by atoms with Crippen LogP contribution in [0.3, 0.4) is 0 Å². The van der Waals surface area contributed by atoms with Gasteiger partial charge in [-0.25, -0.2) is 0 Å². The largest absolute Gasteiger partial charge is 0.497 e. The van der Waals surface area contributed by atoms with Crippen molar-refractivity contribution in [2.45, 2.75) is 26.0 Å². The Morgan fingerprint density at radius 1 is 1.33 bits per heavy atom. The molecule has 0 saturated heterocycles. The molecule has 1 heterocycles. The Hall–Kier alpha value is -1.74. The predicted octanol–water partition coefficient (Wildman–Crippen LogP) is 2.45. The van der Waals surface area contributed by atoms with Crippen LogP contribution in [0.4, 0.5) is 0 Å². The van der Waals surface area contributed by atoms with Crippen LogP contribution >= 0.6 is 0 Å². The summed E-state index contributed by atoms with van der Waals surface area (Å²) in [6, 6.07) is 8.36. The van der Waals surface area contributed by atoms with E-state index in [1.54, 1.807) is 7.11 Å². The Labute approximate surface area is 107 Å². The third-order valence-electron chi connectivity index (χ3n) is 3.46. The molecule has 1 aromatic heterocycles. The fraction of sp³-hybridized carbons (Fsp3) is 0.333. The van der Waals surface area contributed by atoms with Gasteiger partial charge in [-0.2, -0.15) is 0 Å². The Balaban J connectivity index is 2.09. The number of fused-ring (bicyclic) bond motifs is 3. The number of aromatic nitrogens is 1. The summed E-state index contributed by atoms with van der Waals surface area (Å²) in [7, 11) is 1.69. The van der Waals surface area contributed by atoms with Crippen LogP contribution in [-0.4, -0.2) is 22.9 Å². The molecule has 1 aliphatic rings. The second kappa shape index (κ2) is 4.18. The minimum absolute atomic E-state index is 0.337. The zero-order valence-corrected chi connectivity index (χ0v) is 10.7. The molecule has 18 heavy (non-hydrogen) atoms. The van der Waals surface area contributed by atoms with Gasteiger partial charge in [0.2, 0.25) is 0 Å². The van der Waals surface area contributed by atoms with Crippen LogP contribution in [0, 0.1) is 0 Å². The summed E-state index contributed by atoms with van der Waals surface area (Å²) < 4.78 is 7.42. The van der Waals surface area contributed by atoms with E-state index in [1.165, 1.54) is 22.4 Å². The van der Waals surface area contributed by atoms with Gasteiger partial charge in [-0.3, -0.25) is 0 Å². The van der Waals surface area contributed by atoms with Crippen molar-refractivity contribution in [2.24, 2.45) is 0 Å². The minimum atomic E-state index is -0.337. The maximum absolute atomic E-state index is 9.56. The van der Waals surface area contributed by atoms with E-state index in [-0.39, 0.29) is 6.10 Å². The van der Waals surface area contributed by atoms with Crippen molar-refractivity contribution in [1.82, 2.24) is 4.57 Å². The van der Waals surface area contributed by atoms with Crippen LogP contribution < -0.4 is 4.74 Å². The molecule has 1 aliphatic carbocycles. The molecule has 94 valence electrons. The summed E-state index contributed by atoms with van der Waals surface area (Å²) in [6.07, 6.45) is 2.69. The molecular formula is C15H17NO2. The Morgan fingerprint density at radius 2 is 2.17 bits per heavy atom. The third-order valence-corrected chi connectivity index (χ3v) is 3.46. The topological polar surface area (TPSA) is 34.4 Å². The average molecular weight is 243 g/mol. The van der Waals surface area contributed by atoms with Crippen molar-refractivity contribution in [2.75, 3.05) is 7.11 Å². The normalized spacial score (nSPS) is 14.2. The van der Waals surface area contributed by atoms with E-state index in [0.717, 1.165) is 12.2 Å². The van der Waals surface area contributed by atoms with E-state index >= 15 is 0 Å². The second-order valence-electron chi connectivity index (χ2n) is 4.89. The van der Waals surface area contributed by atoms with Crippen molar-refractivity contribution in [3.05, 3.63) is 41.6 Å². The van der Waals surface area contributed by atoms with E-state index < -0.39 is 0 Å². The molecule has 3 heteroatoms. The van der Waals surface area contributed by atoms with Gasteiger partial charge in [0.05, 0.1) is 18.9 Å². The molecule has 3 nitrogen and oxygen atoms in total. The van der Waals surface area contributed by atoms with Crippen LogP contribution in [0.25, 0.3) is 11.3 Å². The molecule has 0 amide bonds. The molecule has 0 bridgehead atoms. The fourth-order valence-electron chi connectivity index (χ4n) is 2.69. The molecular weight excluding hydrogens is 226 g/mol. The smallest absolute Gasteiger partial charge is 0.119 e. The van der Waals surface area contributed by atoms with Gasteiger partial charge < -0.3 is 14.4 Å². The monoisotopic (exact) mass is 243 g/mol. The summed E-state index contributed by atoms with van der Waals surface area (Å²) >= 11 is 0. The highest BCUT2D eigenvalue weighted by Crippen LogP contribution is 2.39. The lowest BCUT2D eigenvalue weighted by molar-refractivity contribution is 0.174. The minimum Gasteiger partial charge on any atom is -0.497 e. The number of benzene rings is 1. The molecule has 1 atom stereocenters. The molecule has 3 rings (SSSR count). The van der Waals surface area contributed by atoms with E-state index in [0.29, 0.717) is 6.54 Å². The summed E-state index contributed by atoms with van der Waals surface area (Å²) in [5.74, 6) is 0.881. The molecule has 0 saturated carbocycles. The maximum Gasteiger partial charge on any atom is 0.119 e. The van der Waals surface area contributed by atoms with E-state index in [2.05, 4.69) is 29.0 Å². The number of nitrogens with zero attached hydrogens (tertiary/aromatic N) is 1. The fourth-order valence-corrected chi connectivity index (χ4v) is 2.69. The number of hydrogen-bond acceptors (Lipinski definition) is 2. The van der Waals surface area contributed by atoms with Crippen LogP contribution in [0.1, 0.15) is 18.1 Å². The van der Waals surface area contributed by atoms with E-state index in [1.807, 2.05) is 13.0 Å². The van der Waals surface area contributed by atoms with Gasteiger partial charge in [-0.1, -0.05) is 6.07 Å². The molecule has 2 aromatic rings. The first kappa shape index (κ1) is 11.4. The quantitative estimate of drug-likeness (QED) is 0.766. The van der Waals surface area contributed by atoms with Crippen LogP contribution in [0.15, 0.2) is 30.5 Å². The highest BCUT2D eigenvalue weighted by molar-refractivity contribution is 5.75. The van der Waals surface area contributed by atoms with Crippen molar-refractivity contribution >= 4 is 0 Å². The van der Waals surface area contributed by atoms with Crippen LogP contribution in [0.2, 0.25) is 0 Å². The number of aliphatic hydroxyl groups excluding tert-OH is 1. The van der Waals surface area contributed by atoms with E-state index in [4.69, 9.17) is 4.74 Å². The molecule has 0 fully saturated rings. The van der Waals surface area contributed by atoms with E-state index in [9.17, 15) is 5.11 Å². The number of aliphatic hydroxyl groups is 1. The summed E-state index contributed by atoms with van der Waals surface area (Å²) in [4.78, 5) is 0. The van der Waals surface area contributed by atoms with Crippen molar-refractivity contribution in [3.8, 4) is 17.0 Å². The van der Waals surface area contributed by atoms with Gasteiger partial charge in [-0.15, -0.1) is 0 Å². The molecule has 0 radical (unpaired) electrons. The molecule has 1 aromatic carbocycles. The summed E-state index contributed by atoms with van der Waals surface area (Å²) in [5.41, 5.74) is 5.12. The Morgan fingerprint density at radius 3 is 2.89 bits per heavy atom. The number of rotatable bonds is 3. The van der Waals surface area contributed by atoms with Crippen LogP contribution in [-0.2, 0) is 13.0 Å². The zero-order valence-electron chi connectivity index (χ0n) is 10.7. The maximum atomic E-state index is 9.56. The molecule has 0 spiro atoms. The lowest BCUT2D eigenvalue weighted by atomic mass is 10.1. The second-order valence-corrected chi connectivity index (χ2v) is 4.89. The Kier molecular flexibility index (Phi) is 2.63. The van der Waals surface area contributed by atoms with Gasteiger partial charge in [0.15, 0.2) is 0 Å². The highest BCUT2D eigenvalue weighted by Gasteiger charge is 2.22. The standard InChI is InChI=1S/C15H17NO2/c1-10(17)9-16-6-5-12-7-11-3-4-13(18-2)8-14(11)15(12)16/h3-6,8,10,17H,7,9H2,1-2H3/t10-/m1/s1. The lowest BCUT2D eigenvalue weighted by Gasteiger charge is -2.11. The highest BCUT2D eigenvalue weighted by atomic mass is 16.5. The number of methoxy groups -OCH3 is 1. The predicted molar refractivity (Wildman–Crippen MR) is 70.9 cm³/mol. The van der Waals surface area contributed by atoms with Gasteiger partial charge in [0.25, 0.3) is 0 Å². The first-order chi connectivity index (χ1) is 8.69. The number of ether oxygens (including phenoxy) is 1. The summed E-state index contributed by atoms with van der Waals surface area (Å²) in [6.45, 7) is 2.44. The zero-order chi connectivity index (χ0) is 12.7. The molecule has 0 unspecified atom stereocenters. The third kappa shape index (κ3) is 1.71. The van der Waals surface area contributed by atoms with Crippen molar-refractivity contribution in [3.63, 3.8) is 0 Å². The summed E-state index contributed by atoms with van der Waals surface area (Å²) in [5, 5.41) is 9.56. The van der Waals surface area contributed by atoms with Gasteiger partial charge >= 0.3 is 0 Å². The van der Waals surface area contributed by atoms with Crippen molar-refractivity contribution < 1.29 is 9.84 Å². The lowest BCUT2D eigenvalue weighted by Crippen LogP contribution is -2.11. The van der Waals surface area contributed by atoms with Gasteiger partial charge in [0, 0.05) is 24.7 Å². The van der Waals surface area contributed by atoms with Crippen LogP contribution in [0.5, 0.6) is 5.75 Å². The SMILES string of the molecule is COc1ccc2c(c1)-c1c(ccn1C[C@@H](C)O)C2. The van der Waals surface area contributed by atoms with Gasteiger partial charge in [0.1, 0.15) is 5.75 Å². The molecule has 0 aliphatic heterocycles. The van der Waals surface area contributed by atoms with Gasteiger partial charge in [-0.05, 0) is 36.2 Å². The average Bonchev–Trinajstić information content (AvgIpc) is 2.88. The first-order valence-corrected chi connectivity index (χ1v) is 6.22. The first-order valence-electron chi connectivity index (χ1n) is 6.22. The Bertz CT molecular complexity index is 584. The molecule has 1 N–H and O–H groups in total.